The van der Waals surface area contributed by atoms with E-state index < -0.39 is 0 Å². The predicted octanol–water partition coefficient (Wildman–Crippen LogP) is 3.06. The molecule has 2 heterocycles. The van der Waals surface area contributed by atoms with Crippen molar-refractivity contribution >= 4 is 17.5 Å². The molecule has 7 nitrogen and oxygen atoms in total. The van der Waals surface area contributed by atoms with Crippen molar-refractivity contribution in [2.45, 2.75) is 25.3 Å². The first-order chi connectivity index (χ1) is 12.7. The summed E-state index contributed by atoms with van der Waals surface area (Å²) >= 11 is 0. The third kappa shape index (κ3) is 3.66. The molecule has 0 bridgehead atoms. The maximum Gasteiger partial charge on any atom is 0.291 e. The molecule has 3 N–H and O–H groups in total. The second kappa shape index (κ2) is 6.87. The zero-order valence-corrected chi connectivity index (χ0v) is 14.0. The molecule has 0 spiro atoms. The SMILES string of the molecule is O=C(NCc1ccc(NC(=O)c2ccco2)cc1)c1cc(C2CC2)[nH]n1. The van der Waals surface area contributed by atoms with Gasteiger partial charge in [-0.1, -0.05) is 12.1 Å². The molecule has 3 aromatic rings. The van der Waals surface area contributed by atoms with Gasteiger partial charge < -0.3 is 15.1 Å². The Kier molecular flexibility index (Phi) is 4.27. The number of nitrogens with one attached hydrogen (secondary N) is 3. The summed E-state index contributed by atoms with van der Waals surface area (Å²) in [5.41, 5.74) is 3.02. The third-order valence-corrected chi connectivity index (χ3v) is 4.26. The Morgan fingerprint density at radius 1 is 1.15 bits per heavy atom. The van der Waals surface area contributed by atoms with Crippen molar-refractivity contribution in [3.63, 3.8) is 0 Å². The summed E-state index contributed by atoms with van der Waals surface area (Å²) in [5.74, 6) is 0.281. The average Bonchev–Trinajstić information content (AvgIpc) is 3.15. The molecule has 132 valence electrons. The number of H-pyrrole nitrogens is 1. The molecule has 0 atom stereocenters. The molecule has 0 aliphatic heterocycles. The van der Waals surface area contributed by atoms with Crippen LogP contribution in [0.4, 0.5) is 5.69 Å². The van der Waals surface area contributed by atoms with E-state index in [9.17, 15) is 9.59 Å². The van der Waals surface area contributed by atoms with Crippen molar-refractivity contribution in [2.24, 2.45) is 0 Å². The average molecular weight is 350 g/mol. The molecule has 7 heteroatoms. The molecule has 1 aliphatic rings. The Labute approximate surface area is 149 Å². The van der Waals surface area contributed by atoms with Crippen molar-refractivity contribution in [1.82, 2.24) is 15.5 Å². The molecule has 2 aromatic heterocycles. The summed E-state index contributed by atoms with van der Waals surface area (Å²) < 4.78 is 5.05. The minimum absolute atomic E-state index is 0.205. The number of benzene rings is 1. The topological polar surface area (TPSA) is 100 Å². The number of carbonyl (C=O) groups is 2. The smallest absolute Gasteiger partial charge is 0.291 e. The molecular weight excluding hydrogens is 332 g/mol. The van der Waals surface area contributed by atoms with Gasteiger partial charge in [0.1, 0.15) is 5.69 Å². The van der Waals surface area contributed by atoms with E-state index in [0.29, 0.717) is 23.8 Å². The number of aromatic amines is 1. The van der Waals surface area contributed by atoms with Gasteiger partial charge in [0.05, 0.1) is 6.26 Å². The highest BCUT2D eigenvalue weighted by Crippen LogP contribution is 2.38. The molecule has 0 radical (unpaired) electrons. The van der Waals surface area contributed by atoms with E-state index in [2.05, 4.69) is 20.8 Å². The van der Waals surface area contributed by atoms with E-state index in [0.717, 1.165) is 24.1 Å². The zero-order chi connectivity index (χ0) is 17.9. The van der Waals surface area contributed by atoms with Gasteiger partial charge >= 0.3 is 0 Å². The molecule has 1 aromatic carbocycles. The highest BCUT2D eigenvalue weighted by Gasteiger charge is 2.26. The van der Waals surface area contributed by atoms with Crippen LogP contribution in [-0.2, 0) is 6.54 Å². The number of amides is 2. The Morgan fingerprint density at radius 3 is 2.65 bits per heavy atom. The summed E-state index contributed by atoms with van der Waals surface area (Å²) in [6.07, 6.45) is 3.77. The van der Waals surface area contributed by atoms with Crippen LogP contribution in [0.1, 0.15) is 51.1 Å². The quantitative estimate of drug-likeness (QED) is 0.636. The lowest BCUT2D eigenvalue weighted by molar-refractivity contribution is 0.0945. The number of hydrogen-bond donors (Lipinski definition) is 3. The van der Waals surface area contributed by atoms with Crippen LogP contribution >= 0.6 is 0 Å². The summed E-state index contributed by atoms with van der Waals surface area (Å²) in [7, 11) is 0. The molecule has 0 unspecified atom stereocenters. The van der Waals surface area contributed by atoms with Crippen LogP contribution in [0.2, 0.25) is 0 Å². The van der Waals surface area contributed by atoms with Crippen LogP contribution in [0.5, 0.6) is 0 Å². The largest absolute Gasteiger partial charge is 0.459 e. The Morgan fingerprint density at radius 2 is 1.96 bits per heavy atom. The Balaban J connectivity index is 1.30. The van der Waals surface area contributed by atoms with E-state index in [1.54, 1.807) is 24.3 Å². The molecule has 1 saturated carbocycles. The molecule has 1 fully saturated rings. The predicted molar refractivity (Wildman–Crippen MR) is 94.8 cm³/mol. The molecule has 26 heavy (non-hydrogen) atoms. The van der Waals surface area contributed by atoms with Crippen molar-refractivity contribution in [3.8, 4) is 0 Å². The van der Waals surface area contributed by atoms with Crippen molar-refractivity contribution in [3.05, 3.63) is 71.4 Å². The van der Waals surface area contributed by atoms with Gasteiger partial charge in [-0.05, 0) is 48.7 Å². The van der Waals surface area contributed by atoms with Crippen LogP contribution in [0.3, 0.4) is 0 Å². The Bertz CT molecular complexity index is 909. The van der Waals surface area contributed by atoms with Gasteiger partial charge in [-0.3, -0.25) is 14.7 Å². The van der Waals surface area contributed by atoms with E-state index in [1.165, 1.54) is 6.26 Å². The van der Waals surface area contributed by atoms with Gasteiger partial charge in [0.2, 0.25) is 0 Å². The fourth-order valence-corrected chi connectivity index (χ4v) is 2.64. The number of hydrogen-bond acceptors (Lipinski definition) is 4. The molecule has 4 rings (SSSR count). The van der Waals surface area contributed by atoms with Crippen LogP contribution in [0.15, 0.2) is 53.1 Å². The van der Waals surface area contributed by atoms with Gasteiger partial charge in [0, 0.05) is 23.8 Å². The maximum atomic E-state index is 12.2. The molecule has 1 aliphatic carbocycles. The summed E-state index contributed by atoms with van der Waals surface area (Å²) in [6, 6.07) is 12.3. The standard InChI is InChI=1S/C19H18N4O3/c24-18(16-10-15(22-23-16)13-5-6-13)20-11-12-3-7-14(8-4-12)21-19(25)17-2-1-9-26-17/h1-4,7-10,13H,5-6,11H2,(H,20,24)(H,21,25)(H,22,23). The first-order valence-electron chi connectivity index (χ1n) is 8.46. The Hall–Kier alpha value is -3.35. The lowest BCUT2D eigenvalue weighted by Gasteiger charge is -2.06. The van der Waals surface area contributed by atoms with Crippen LogP contribution < -0.4 is 10.6 Å². The number of anilines is 1. The number of carbonyl (C=O) groups excluding carboxylic acids is 2. The lowest BCUT2D eigenvalue weighted by atomic mass is 10.2. The second-order valence-corrected chi connectivity index (χ2v) is 6.29. The summed E-state index contributed by atoms with van der Waals surface area (Å²) in [6.45, 7) is 0.386. The van der Waals surface area contributed by atoms with Gasteiger partial charge in [-0.25, -0.2) is 0 Å². The zero-order valence-electron chi connectivity index (χ0n) is 14.0. The molecular formula is C19H18N4O3. The summed E-state index contributed by atoms with van der Waals surface area (Å²) in [4.78, 5) is 24.1. The third-order valence-electron chi connectivity index (χ3n) is 4.26. The van der Waals surface area contributed by atoms with E-state index >= 15 is 0 Å². The van der Waals surface area contributed by atoms with Crippen LogP contribution in [0.25, 0.3) is 0 Å². The van der Waals surface area contributed by atoms with Gasteiger partial charge in [0.15, 0.2) is 5.76 Å². The first-order valence-corrected chi connectivity index (χ1v) is 8.46. The summed E-state index contributed by atoms with van der Waals surface area (Å²) in [5, 5.41) is 12.6. The molecule has 2 amide bonds. The normalized spacial score (nSPS) is 13.4. The van der Waals surface area contributed by atoms with Crippen LogP contribution in [0, 0.1) is 0 Å². The number of furan rings is 1. The minimum Gasteiger partial charge on any atom is -0.459 e. The fraction of sp³-hybridized carbons (Fsp3) is 0.211. The van der Waals surface area contributed by atoms with E-state index in [-0.39, 0.29) is 17.6 Å². The number of nitrogens with zero attached hydrogens (tertiary/aromatic N) is 1. The maximum absolute atomic E-state index is 12.2. The fourth-order valence-electron chi connectivity index (χ4n) is 2.64. The minimum atomic E-state index is -0.305. The second-order valence-electron chi connectivity index (χ2n) is 6.29. The molecule has 0 saturated heterocycles. The number of aromatic nitrogens is 2. The van der Waals surface area contributed by atoms with Gasteiger partial charge in [-0.2, -0.15) is 5.10 Å². The van der Waals surface area contributed by atoms with Crippen molar-refractivity contribution in [2.75, 3.05) is 5.32 Å². The van der Waals surface area contributed by atoms with E-state index in [1.807, 2.05) is 18.2 Å². The highest BCUT2D eigenvalue weighted by molar-refractivity contribution is 6.02. The van der Waals surface area contributed by atoms with Crippen LogP contribution in [-0.4, -0.2) is 22.0 Å². The number of rotatable bonds is 6. The van der Waals surface area contributed by atoms with Gasteiger partial charge in [0.25, 0.3) is 11.8 Å². The van der Waals surface area contributed by atoms with E-state index in [4.69, 9.17) is 4.42 Å². The first kappa shape index (κ1) is 16.1. The van der Waals surface area contributed by atoms with Gasteiger partial charge in [-0.15, -0.1) is 0 Å². The lowest BCUT2D eigenvalue weighted by Crippen LogP contribution is -2.23. The van der Waals surface area contributed by atoms with Crippen molar-refractivity contribution in [1.29, 1.82) is 0 Å². The van der Waals surface area contributed by atoms with Crippen molar-refractivity contribution < 1.29 is 14.0 Å². The monoisotopic (exact) mass is 350 g/mol. The highest BCUT2D eigenvalue weighted by atomic mass is 16.3.